The zero-order valence-electron chi connectivity index (χ0n) is 16.6. The SMILES string of the molecule is CNCCc1c[nH]c2c1C(=O)c1c(-c3ccc(O)cc3)c[nH]c1C2=O.O=C(O)C(F)(F)F. The van der Waals surface area contributed by atoms with Crippen LogP contribution in [0, 0.1) is 0 Å². The highest BCUT2D eigenvalue weighted by Crippen LogP contribution is 2.35. The van der Waals surface area contributed by atoms with Gasteiger partial charge in [-0.2, -0.15) is 13.2 Å². The van der Waals surface area contributed by atoms with Crippen molar-refractivity contribution < 1.29 is 37.8 Å². The van der Waals surface area contributed by atoms with Gasteiger partial charge in [0.2, 0.25) is 5.78 Å². The summed E-state index contributed by atoms with van der Waals surface area (Å²) in [6.07, 6.45) is -1.01. The lowest BCUT2D eigenvalue weighted by Gasteiger charge is -2.14. The van der Waals surface area contributed by atoms with E-state index in [1.807, 2.05) is 7.05 Å². The van der Waals surface area contributed by atoms with Crippen molar-refractivity contribution >= 4 is 17.5 Å². The van der Waals surface area contributed by atoms with E-state index >= 15 is 0 Å². The van der Waals surface area contributed by atoms with Gasteiger partial charge in [0.1, 0.15) is 17.1 Å². The molecule has 0 unspecified atom stereocenters. The highest BCUT2D eigenvalue weighted by Gasteiger charge is 2.38. The number of likely N-dealkylation sites (N-methyl/N-ethyl adjacent to an activating group) is 1. The van der Waals surface area contributed by atoms with Crippen LogP contribution in [0.1, 0.15) is 37.7 Å². The number of fused-ring (bicyclic) bond motifs is 2. The van der Waals surface area contributed by atoms with E-state index in [2.05, 4.69) is 15.3 Å². The molecule has 0 fully saturated rings. The average Bonchev–Trinajstić information content (AvgIpc) is 3.36. The van der Waals surface area contributed by atoms with Gasteiger partial charge in [0, 0.05) is 18.0 Å². The predicted molar refractivity (Wildman–Crippen MR) is 107 cm³/mol. The molecule has 1 aliphatic rings. The number of phenols is 1. The first-order valence-corrected chi connectivity index (χ1v) is 9.31. The van der Waals surface area contributed by atoms with E-state index in [-0.39, 0.29) is 17.3 Å². The number of alkyl halides is 3. The van der Waals surface area contributed by atoms with E-state index in [1.54, 1.807) is 36.7 Å². The Kier molecular flexibility index (Phi) is 6.21. The number of aliphatic carboxylic acids is 1. The van der Waals surface area contributed by atoms with Crippen LogP contribution in [-0.4, -0.2) is 57.5 Å². The number of rotatable bonds is 4. The van der Waals surface area contributed by atoms with Crippen molar-refractivity contribution in [2.45, 2.75) is 12.6 Å². The maximum Gasteiger partial charge on any atom is 0.490 e. The van der Waals surface area contributed by atoms with Crippen molar-refractivity contribution in [2.75, 3.05) is 13.6 Å². The fourth-order valence-corrected chi connectivity index (χ4v) is 3.32. The summed E-state index contributed by atoms with van der Waals surface area (Å²) in [6.45, 7) is 0.719. The van der Waals surface area contributed by atoms with Gasteiger partial charge in [-0.15, -0.1) is 0 Å². The molecule has 0 aliphatic heterocycles. The van der Waals surface area contributed by atoms with Crippen molar-refractivity contribution in [3.8, 4) is 16.9 Å². The lowest BCUT2D eigenvalue weighted by molar-refractivity contribution is -0.192. The van der Waals surface area contributed by atoms with Crippen LogP contribution in [0.25, 0.3) is 11.1 Å². The number of hydrogen-bond donors (Lipinski definition) is 5. The maximum atomic E-state index is 13.2. The molecule has 11 heteroatoms. The molecule has 0 spiro atoms. The Bertz CT molecular complexity index is 1180. The summed E-state index contributed by atoms with van der Waals surface area (Å²) in [4.78, 5) is 40.7. The second kappa shape index (κ2) is 8.71. The van der Waals surface area contributed by atoms with Gasteiger partial charge in [0.05, 0.1) is 11.1 Å². The number of carbonyl (C=O) groups is 3. The number of H-pyrrole nitrogens is 2. The first-order valence-electron chi connectivity index (χ1n) is 9.31. The van der Waals surface area contributed by atoms with E-state index in [1.165, 1.54) is 0 Å². The molecule has 32 heavy (non-hydrogen) atoms. The minimum Gasteiger partial charge on any atom is -0.508 e. The summed E-state index contributed by atoms with van der Waals surface area (Å²) >= 11 is 0. The monoisotopic (exact) mass is 449 g/mol. The predicted octanol–water partition coefficient (Wildman–Crippen LogP) is 2.89. The van der Waals surface area contributed by atoms with Gasteiger partial charge in [0.25, 0.3) is 0 Å². The molecule has 0 saturated heterocycles. The van der Waals surface area contributed by atoms with Crippen LogP contribution < -0.4 is 5.32 Å². The third kappa shape index (κ3) is 4.28. The molecule has 168 valence electrons. The second-order valence-corrected chi connectivity index (χ2v) is 6.88. The van der Waals surface area contributed by atoms with Crippen molar-refractivity contribution in [3.63, 3.8) is 0 Å². The summed E-state index contributed by atoms with van der Waals surface area (Å²) in [6, 6.07) is 6.57. The van der Waals surface area contributed by atoms with Crippen molar-refractivity contribution in [2.24, 2.45) is 0 Å². The number of phenolic OH excluding ortho intramolecular Hbond substituents is 1. The van der Waals surface area contributed by atoms with Crippen LogP contribution >= 0.6 is 0 Å². The third-order valence-corrected chi connectivity index (χ3v) is 4.82. The van der Waals surface area contributed by atoms with Gasteiger partial charge >= 0.3 is 12.1 Å². The number of ketones is 2. The Balaban J connectivity index is 0.000000360. The number of aromatic nitrogens is 2. The number of aromatic amines is 2. The average molecular weight is 449 g/mol. The molecule has 8 nitrogen and oxygen atoms in total. The van der Waals surface area contributed by atoms with E-state index in [0.717, 1.165) is 17.7 Å². The quantitative estimate of drug-likeness (QED) is 0.325. The Hall–Kier alpha value is -3.86. The summed E-state index contributed by atoms with van der Waals surface area (Å²) in [5, 5.41) is 19.6. The summed E-state index contributed by atoms with van der Waals surface area (Å²) < 4.78 is 31.7. The third-order valence-electron chi connectivity index (χ3n) is 4.82. The van der Waals surface area contributed by atoms with Crippen molar-refractivity contribution in [1.29, 1.82) is 0 Å². The molecule has 2 heterocycles. The first kappa shape index (κ1) is 22.8. The molecule has 0 bridgehead atoms. The molecule has 2 aromatic heterocycles. The topological polar surface area (TPSA) is 135 Å². The van der Waals surface area contributed by atoms with Gasteiger partial charge in [-0.3, -0.25) is 9.59 Å². The van der Waals surface area contributed by atoms with Crippen LogP contribution in [-0.2, 0) is 11.2 Å². The van der Waals surface area contributed by atoms with Gasteiger partial charge in [0.15, 0.2) is 5.78 Å². The van der Waals surface area contributed by atoms with Crippen LogP contribution in [0.2, 0.25) is 0 Å². The van der Waals surface area contributed by atoms with Gasteiger partial charge in [-0.25, -0.2) is 4.79 Å². The fraction of sp³-hybridized carbons (Fsp3) is 0.190. The minimum atomic E-state index is -5.08. The molecule has 4 rings (SSSR count). The summed E-state index contributed by atoms with van der Waals surface area (Å²) in [5.41, 5.74) is 3.80. The van der Waals surface area contributed by atoms with Crippen molar-refractivity contribution in [3.05, 3.63) is 64.7 Å². The Morgan fingerprint density at radius 2 is 1.56 bits per heavy atom. The van der Waals surface area contributed by atoms with Crippen LogP contribution in [0.3, 0.4) is 0 Å². The number of halogens is 3. The van der Waals surface area contributed by atoms with Crippen molar-refractivity contribution in [1.82, 2.24) is 15.3 Å². The fourth-order valence-electron chi connectivity index (χ4n) is 3.32. The first-order chi connectivity index (χ1) is 15.1. The molecule has 3 aromatic rings. The van der Waals surface area contributed by atoms with Gasteiger partial charge < -0.3 is 25.5 Å². The molecule has 1 aliphatic carbocycles. The Morgan fingerprint density at radius 1 is 1.00 bits per heavy atom. The largest absolute Gasteiger partial charge is 0.508 e. The minimum absolute atomic E-state index is 0.151. The van der Waals surface area contributed by atoms with E-state index < -0.39 is 12.1 Å². The number of carboxylic acid groups (broad SMARTS) is 1. The lowest BCUT2D eigenvalue weighted by Crippen LogP contribution is -2.22. The van der Waals surface area contributed by atoms with E-state index in [4.69, 9.17) is 9.90 Å². The highest BCUT2D eigenvalue weighted by atomic mass is 19.4. The second-order valence-electron chi connectivity index (χ2n) is 6.88. The molecular weight excluding hydrogens is 431 g/mol. The summed E-state index contributed by atoms with van der Waals surface area (Å²) in [7, 11) is 1.85. The van der Waals surface area contributed by atoms with Crippen LogP contribution in [0.15, 0.2) is 36.7 Å². The lowest BCUT2D eigenvalue weighted by atomic mass is 9.86. The molecule has 5 N–H and O–H groups in total. The number of hydrogen-bond acceptors (Lipinski definition) is 5. The molecule has 0 atom stereocenters. The van der Waals surface area contributed by atoms with E-state index in [9.17, 15) is 27.9 Å². The summed E-state index contributed by atoms with van der Waals surface area (Å²) in [5.74, 6) is -2.96. The number of nitrogens with one attached hydrogen (secondary N) is 3. The molecule has 1 aromatic carbocycles. The van der Waals surface area contributed by atoms with Gasteiger partial charge in [-0.1, -0.05) is 12.1 Å². The molecule has 0 radical (unpaired) electrons. The van der Waals surface area contributed by atoms with Crippen LogP contribution in [0.5, 0.6) is 5.75 Å². The molecule has 0 saturated carbocycles. The number of carboxylic acids is 1. The number of carbonyl (C=O) groups excluding carboxylic acids is 2. The Labute approximate surface area is 179 Å². The zero-order valence-corrected chi connectivity index (χ0v) is 16.6. The normalized spacial score (nSPS) is 12.6. The number of benzene rings is 1. The highest BCUT2D eigenvalue weighted by molar-refractivity contribution is 6.29. The standard InChI is InChI=1S/C19H17N3O3.C2HF3O2/c1-20-7-6-11-8-21-16-14(11)18(24)15-13(9-22-17(15)19(16)25)10-2-4-12(23)5-3-10;3-2(4,5)1(6)7/h2-5,8-9,20-23H,6-7H2,1H3;(H,6,7). The molecular formula is C21H18F3N3O5. The smallest absolute Gasteiger partial charge is 0.490 e. The molecule has 0 amide bonds. The zero-order chi connectivity index (χ0) is 23.6. The van der Waals surface area contributed by atoms with Gasteiger partial charge in [-0.05, 0) is 43.3 Å². The van der Waals surface area contributed by atoms with Crippen LogP contribution in [0.4, 0.5) is 13.2 Å². The van der Waals surface area contributed by atoms with E-state index in [0.29, 0.717) is 34.5 Å². The number of aromatic hydroxyl groups is 1. The Morgan fingerprint density at radius 3 is 2.12 bits per heavy atom. The maximum absolute atomic E-state index is 13.2.